The summed E-state index contributed by atoms with van der Waals surface area (Å²) >= 11 is 3.36. The minimum absolute atomic E-state index is 0. The number of guanidine groups is 1. The standard InChI is InChI=1S/C19H28BrN5O2.HI/c1-13(2)18(27)25-10-7-16(12-25)24-19(21-3)23-9-8-22-17(26)14-5-4-6-15(20)11-14;/h4-6,11,13,16H,7-10,12H2,1-3H3,(H,22,26)(H2,21,23,24);1H. The lowest BCUT2D eigenvalue weighted by atomic mass is 10.2. The molecule has 7 nitrogen and oxygen atoms in total. The molecule has 0 radical (unpaired) electrons. The van der Waals surface area contributed by atoms with E-state index in [1.54, 1.807) is 19.2 Å². The molecule has 1 atom stereocenters. The predicted octanol–water partition coefficient (Wildman–Crippen LogP) is 2.22. The minimum Gasteiger partial charge on any atom is -0.355 e. The molecule has 1 aliphatic heterocycles. The van der Waals surface area contributed by atoms with E-state index in [1.807, 2.05) is 30.9 Å². The molecule has 1 aromatic rings. The lowest BCUT2D eigenvalue weighted by molar-refractivity contribution is -0.133. The first-order valence-electron chi connectivity index (χ1n) is 9.20. The Balaban J connectivity index is 0.00000392. The van der Waals surface area contributed by atoms with Crippen molar-refractivity contribution in [1.29, 1.82) is 0 Å². The van der Waals surface area contributed by atoms with Gasteiger partial charge in [0.15, 0.2) is 5.96 Å². The molecule has 2 amide bonds. The zero-order valence-electron chi connectivity index (χ0n) is 16.5. The highest BCUT2D eigenvalue weighted by Gasteiger charge is 2.27. The van der Waals surface area contributed by atoms with Gasteiger partial charge in [0.25, 0.3) is 5.91 Å². The third kappa shape index (κ3) is 7.57. The van der Waals surface area contributed by atoms with E-state index in [4.69, 9.17) is 0 Å². The summed E-state index contributed by atoms with van der Waals surface area (Å²) in [6, 6.07) is 7.46. The number of amides is 2. The summed E-state index contributed by atoms with van der Waals surface area (Å²) in [4.78, 5) is 30.3. The SMILES string of the molecule is CN=C(NCCNC(=O)c1cccc(Br)c1)NC1CCN(C(=O)C(C)C)C1.I. The molecule has 1 saturated heterocycles. The zero-order valence-corrected chi connectivity index (χ0v) is 20.4. The number of carbonyl (C=O) groups is 2. The number of likely N-dealkylation sites (tertiary alicyclic amines) is 1. The van der Waals surface area contributed by atoms with Crippen molar-refractivity contribution in [1.82, 2.24) is 20.9 Å². The maximum Gasteiger partial charge on any atom is 0.251 e. The number of nitrogens with one attached hydrogen (secondary N) is 3. The monoisotopic (exact) mass is 565 g/mol. The molecule has 1 heterocycles. The van der Waals surface area contributed by atoms with Crippen molar-refractivity contribution in [2.24, 2.45) is 10.9 Å². The van der Waals surface area contributed by atoms with E-state index in [9.17, 15) is 9.59 Å². The second kappa shape index (κ2) is 12.3. The van der Waals surface area contributed by atoms with Gasteiger partial charge in [0.05, 0.1) is 0 Å². The molecule has 28 heavy (non-hydrogen) atoms. The summed E-state index contributed by atoms with van der Waals surface area (Å²) in [6.07, 6.45) is 0.902. The average Bonchev–Trinajstić information content (AvgIpc) is 3.11. The fourth-order valence-electron chi connectivity index (χ4n) is 2.92. The van der Waals surface area contributed by atoms with Crippen LogP contribution in [-0.2, 0) is 4.79 Å². The Kier molecular flexibility index (Phi) is 10.8. The maximum absolute atomic E-state index is 12.1. The molecule has 0 spiro atoms. The van der Waals surface area contributed by atoms with Gasteiger partial charge >= 0.3 is 0 Å². The molecular weight excluding hydrogens is 537 g/mol. The van der Waals surface area contributed by atoms with Crippen LogP contribution in [-0.4, -0.2) is 61.9 Å². The van der Waals surface area contributed by atoms with Crippen LogP contribution >= 0.6 is 39.9 Å². The largest absolute Gasteiger partial charge is 0.355 e. The van der Waals surface area contributed by atoms with Crippen molar-refractivity contribution >= 4 is 57.7 Å². The van der Waals surface area contributed by atoms with Crippen molar-refractivity contribution in [2.75, 3.05) is 33.2 Å². The number of carbonyl (C=O) groups excluding carboxylic acids is 2. The normalized spacial score (nSPS) is 16.5. The van der Waals surface area contributed by atoms with Crippen LogP contribution < -0.4 is 16.0 Å². The highest BCUT2D eigenvalue weighted by molar-refractivity contribution is 14.0. The number of nitrogens with zero attached hydrogens (tertiary/aromatic N) is 2. The Morgan fingerprint density at radius 2 is 2.00 bits per heavy atom. The number of hydrogen-bond donors (Lipinski definition) is 3. The summed E-state index contributed by atoms with van der Waals surface area (Å²) < 4.78 is 0.874. The third-order valence-corrected chi connectivity index (χ3v) is 4.84. The van der Waals surface area contributed by atoms with Crippen LogP contribution in [0.5, 0.6) is 0 Å². The van der Waals surface area contributed by atoms with Crippen LogP contribution in [0.1, 0.15) is 30.6 Å². The zero-order chi connectivity index (χ0) is 19.8. The molecule has 3 N–H and O–H groups in total. The second-order valence-corrected chi connectivity index (χ2v) is 7.75. The molecule has 0 aromatic heterocycles. The lowest BCUT2D eigenvalue weighted by Crippen LogP contribution is -2.47. The first-order chi connectivity index (χ1) is 12.9. The Bertz CT molecular complexity index is 699. The van der Waals surface area contributed by atoms with Gasteiger partial charge in [-0.3, -0.25) is 14.6 Å². The minimum atomic E-state index is -0.111. The van der Waals surface area contributed by atoms with Crippen molar-refractivity contribution in [3.8, 4) is 0 Å². The second-order valence-electron chi connectivity index (χ2n) is 6.83. The summed E-state index contributed by atoms with van der Waals surface area (Å²) in [5.74, 6) is 0.780. The highest BCUT2D eigenvalue weighted by atomic mass is 127. The van der Waals surface area contributed by atoms with Crippen molar-refractivity contribution in [3.63, 3.8) is 0 Å². The first-order valence-corrected chi connectivity index (χ1v) is 9.99. The smallest absolute Gasteiger partial charge is 0.251 e. The lowest BCUT2D eigenvalue weighted by Gasteiger charge is -2.20. The Morgan fingerprint density at radius 3 is 2.64 bits per heavy atom. The number of rotatable bonds is 6. The molecule has 1 aliphatic rings. The van der Waals surface area contributed by atoms with Gasteiger partial charge in [-0.1, -0.05) is 35.8 Å². The summed E-state index contributed by atoms with van der Waals surface area (Å²) in [5.41, 5.74) is 0.618. The first kappa shape index (κ1) is 24.7. The van der Waals surface area contributed by atoms with Crippen LogP contribution in [0.4, 0.5) is 0 Å². The molecule has 0 bridgehead atoms. The van der Waals surface area contributed by atoms with Gasteiger partial charge in [-0.25, -0.2) is 0 Å². The summed E-state index contributed by atoms with van der Waals surface area (Å²) in [5, 5.41) is 9.41. The van der Waals surface area contributed by atoms with Crippen LogP contribution in [0.2, 0.25) is 0 Å². The van der Waals surface area contributed by atoms with Gasteiger partial charge < -0.3 is 20.9 Å². The Labute approximate surface area is 192 Å². The van der Waals surface area contributed by atoms with Crippen LogP contribution in [0, 0.1) is 5.92 Å². The van der Waals surface area contributed by atoms with E-state index in [1.165, 1.54) is 0 Å². The van der Waals surface area contributed by atoms with Crippen LogP contribution in [0.3, 0.4) is 0 Å². The van der Waals surface area contributed by atoms with E-state index < -0.39 is 0 Å². The van der Waals surface area contributed by atoms with Gasteiger partial charge in [-0.15, -0.1) is 24.0 Å². The maximum atomic E-state index is 12.1. The fraction of sp³-hybridized carbons (Fsp3) is 0.526. The molecule has 156 valence electrons. The summed E-state index contributed by atoms with van der Waals surface area (Å²) in [6.45, 7) is 6.35. The number of halogens is 2. The van der Waals surface area contributed by atoms with E-state index in [2.05, 4.69) is 36.9 Å². The Morgan fingerprint density at radius 1 is 1.29 bits per heavy atom. The Hall–Kier alpha value is -1.36. The summed E-state index contributed by atoms with van der Waals surface area (Å²) in [7, 11) is 1.71. The van der Waals surface area contributed by atoms with Gasteiger partial charge in [0.1, 0.15) is 0 Å². The fourth-order valence-corrected chi connectivity index (χ4v) is 3.32. The predicted molar refractivity (Wildman–Crippen MR) is 126 cm³/mol. The van der Waals surface area contributed by atoms with Crippen molar-refractivity contribution in [3.05, 3.63) is 34.3 Å². The molecule has 2 rings (SSSR count). The van der Waals surface area contributed by atoms with Gasteiger partial charge in [-0.05, 0) is 24.6 Å². The molecular formula is C19H29BrIN5O2. The van der Waals surface area contributed by atoms with Gasteiger partial charge in [0, 0.05) is 55.2 Å². The van der Waals surface area contributed by atoms with Crippen molar-refractivity contribution in [2.45, 2.75) is 26.3 Å². The molecule has 0 saturated carbocycles. The van der Waals surface area contributed by atoms with Crippen LogP contribution in [0.25, 0.3) is 0 Å². The number of hydrogen-bond acceptors (Lipinski definition) is 3. The molecule has 1 unspecified atom stereocenters. The van der Waals surface area contributed by atoms with E-state index in [-0.39, 0.29) is 47.8 Å². The third-order valence-electron chi connectivity index (χ3n) is 4.35. The average molecular weight is 566 g/mol. The topological polar surface area (TPSA) is 85.8 Å². The van der Waals surface area contributed by atoms with Crippen molar-refractivity contribution < 1.29 is 9.59 Å². The van der Waals surface area contributed by atoms with E-state index >= 15 is 0 Å². The molecule has 1 fully saturated rings. The quantitative estimate of drug-likeness (QED) is 0.214. The molecule has 9 heteroatoms. The molecule has 0 aliphatic carbocycles. The van der Waals surface area contributed by atoms with Crippen LogP contribution in [0.15, 0.2) is 33.7 Å². The van der Waals surface area contributed by atoms with E-state index in [0.29, 0.717) is 31.2 Å². The molecule has 1 aromatic carbocycles. The number of benzene rings is 1. The number of aliphatic imine (C=N–C) groups is 1. The van der Waals surface area contributed by atoms with E-state index in [0.717, 1.165) is 17.4 Å². The van der Waals surface area contributed by atoms with Gasteiger partial charge in [0.2, 0.25) is 5.91 Å². The van der Waals surface area contributed by atoms with Gasteiger partial charge in [-0.2, -0.15) is 0 Å². The highest BCUT2D eigenvalue weighted by Crippen LogP contribution is 2.13.